The Labute approximate surface area is 105 Å². The summed E-state index contributed by atoms with van der Waals surface area (Å²) in [7, 11) is 0. The number of aromatic nitrogens is 4. The molecule has 0 aliphatic rings. The summed E-state index contributed by atoms with van der Waals surface area (Å²) in [5, 5.41) is 3.23. The fourth-order valence-electron chi connectivity index (χ4n) is 2.05. The third kappa shape index (κ3) is 1.78. The fourth-order valence-corrected chi connectivity index (χ4v) is 2.05. The molecule has 0 unspecified atom stereocenters. The van der Waals surface area contributed by atoms with Gasteiger partial charge in [0.15, 0.2) is 5.82 Å². The van der Waals surface area contributed by atoms with E-state index in [0.717, 1.165) is 23.5 Å². The molecule has 3 aromatic rings. The molecule has 0 atom stereocenters. The number of aryl methyl sites for hydroxylation is 1. The Bertz CT molecular complexity index is 648. The highest BCUT2D eigenvalue weighted by Gasteiger charge is 2.09. The van der Waals surface area contributed by atoms with Gasteiger partial charge in [-0.1, -0.05) is 24.3 Å². The minimum absolute atomic E-state index is 0.602. The van der Waals surface area contributed by atoms with Crippen LogP contribution in [0.1, 0.15) is 11.3 Å². The van der Waals surface area contributed by atoms with Gasteiger partial charge in [0, 0.05) is 12.0 Å². The lowest BCUT2D eigenvalue weighted by atomic mass is 10.1. The molecule has 0 saturated heterocycles. The molecule has 3 rings (SSSR count). The van der Waals surface area contributed by atoms with Crippen LogP contribution in [-0.4, -0.2) is 26.1 Å². The zero-order valence-corrected chi connectivity index (χ0v) is 10.2. The van der Waals surface area contributed by atoms with E-state index in [9.17, 15) is 0 Å². The van der Waals surface area contributed by atoms with Crippen molar-refractivity contribution in [3.05, 3.63) is 41.7 Å². The lowest BCUT2D eigenvalue weighted by Crippen LogP contribution is -2.02. The number of fused-ring (bicyclic) bond motifs is 1. The highest BCUT2D eigenvalue weighted by atomic mass is 15.3. The quantitative estimate of drug-likeness (QED) is 0.730. The van der Waals surface area contributed by atoms with E-state index < -0.39 is 0 Å². The second kappa shape index (κ2) is 4.27. The molecule has 0 aliphatic carbocycles. The van der Waals surface area contributed by atoms with E-state index in [4.69, 9.17) is 5.73 Å². The molecule has 1 aromatic carbocycles. The highest BCUT2D eigenvalue weighted by Crippen LogP contribution is 2.20. The summed E-state index contributed by atoms with van der Waals surface area (Å²) >= 11 is 0. The molecule has 92 valence electrons. The van der Waals surface area contributed by atoms with Crippen molar-refractivity contribution in [1.29, 1.82) is 0 Å². The van der Waals surface area contributed by atoms with E-state index in [1.54, 1.807) is 0 Å². The minimum Gasteiger partial charge on any atom is -0.330 e. The van der Waals surface area contributed by atoms with Gasteiger partial charge in [-0.15, -0.1) is 0 Å². The Morgan fingerprint density at radius 2 is 2.11 bits per heavy atom. The molecule has 0 saturated carbocycles. The molecular formula is C13H15N5. The number of imidazole rings is 1. The van der Waals surface area contributed by atoms with Crippen molar-refractivity contribution >= 4 is 5.78 Å². The number of nitrogens with zero attached hydrogens (tertiary/aromatic N) is 3. The first-order valence-electron chi connectivity index (χ1n) is 5.98. The number of nitrogens with two attached hydrogens (primary N) is 1. The smallest absolute Gasteiger partial charge is 0.251 e. The van der Waals surface area contributed by atoms with E-state index in [1.165, 1.54) is 5.56 Å². The maximum absolute atomic E-state index is 5.51. The fraction of sp³-hybridized carbons (Fsp3) is 0.231. The third-order valence-corrected chi connectivity index (χ3v) is 2.98. The number of aromatic amines is 1. The Balaban J connectivity index is 2.04. The molecule has 18 heavy (non-hydrogen) atoms. The largest absolute Gasteiger partial charge is 0.330 e. The van der Waals surface area contributed by atoms with E-state index in [1.807, 2.05) is 22.8 Å². The molecule has 0 bridgehead atoms. The van der Waals surface area contributed by atoms with Crippen LogP contribution in [0, 0.1) is 6.92 Å². The molecule has 0 fully saturated rings. The van der Waals surface area contributed by atoms with Crippen molar-refractivity contribution in [3.8, 4) is 11.4 Å². The van der Waals surface area contributed by atoms with Gasteiger partial charge < -0.3 is 5.73 Å². The van der Waals surface area contributed by atoms with Gasteiger partial charge >= 0.3 is 0 Å². The average molecular weight is 241 g/mol. The topological polar surface area (TPSA) is 72.0 Å². The normalized spacial score (nSPS) is 11.2. The number of hydrogen-bond acceptors (Lipinski definition) is 3. The summed E-state index contributed by atoms with van der Waals surface area (Å²) < 4.78 is 1.84. The highest BCUT2D eigenvalue weighted by molar-refractivity contribution is 5.61. The number of benzene rings is 1. The zero-order valence-electron chi connectivity index (χ0n) is 10.2. The Kier molecular flexibility index (Phi) is 2.60. The summed E-state index contributed by atoms with van der Waals surface area (Å²) in [6.07, 6.45) is 2.72. The van der Waals surface area contributed by atoms with Crippen molar-refractivity contribution in [2.75, 3.05) is 6.54 Å². The van der Waals surface area contributed by atoms with Crippen LogP contribution in [0.15, 0.2) is 30.5 Å². The average Bonchev–Trinajstić information content (AvgIpc) is 2.88. The maximum Gasteiger partial charge on any atom is 0.251 e. The monoisotopic (exact) mass is 241 g/mol. The van der Waals surface area contributed by atoms with Gasteiger partial charge in [-0.05, 0) is 19.0 Å². The van der Waals surface area contributed by atoms with Crippen molar-refractivity contribution in [2.24, 2.45) is 5.73 Å². The van der Waals surface area contributed by atoms with Crippen LogP contribution in [0.3, 0.4) is 0 Å². The van der Waals surface area contributed by atoms with E-state index in [0.29, 0.717) is 12.3 Å². The lowest BCUT2D eigenvalue weighted by molar-refractivity contribution is 0.922. The zero-order chi connectivity index (χ0) is 12.5. The Morgan fingerprint density at radius 3 is 2.83 bits per heavy atom. The SMILES string of the molecule is Cc1ccccc1-c1nc2nc(CCN)cn2[nH]1. The van der Waals surface area contributed by atoms with Crippen molar-refractivity contribution in [3.63, 3.8) is 0 Å². The van der Waals surface area contributed by atoms with E-state index in [2.05, 4.69) is 34.1 Å². The second-order valence-electron chi connectivity index (χ2n) is 4.33. The van der Waals surface area contributed by atoms with Crippen LogP contribution < -0.4 is 5.73 Å². The predicted molar refractivity (Wildman–Crippen MR) is 70.3 cm³/mol. The third-order valence-electron chi connectivity index (χ3n) is 2.98. The Morgan fingerprint density at radius 1 is 1.28 bits per heavy atom. The first kappa shape index (κ1) is 11.0. The summed E-state index contributed by atoms with van der Waals surface area (Å²) in [5.41, 5.74) is 8.77. The van der Waals surface area contributed by atoms with Gasteiger partial charge in [0.1, 0.15) is 0 Å². The first-order chi connectivity index (χ1) is 8.78. The molecule has 2 heterocycles. The number of H-pyrrole nitrogens is 1. The molecule has 0 amide bonds. The van der Waals surface area contributed by atoms with Crippen LogP contribution in [0.4, 0.5) is 0 Å². The van der Waals surface area contributed by atoms with Crippen molar-refractivity contribution in [2.45, 2.75) is 13.3 Å². The summed E-state index contributed by atoms with van der Waals surface area (Å²) in [4.78, 5) is 8.92. The first-order valence-corrected chi connectivity index (χ1v) is 5.98. The van der Waals surface area contributed by atoms with Gasteiger partial charge in [-0.2, -0.15) is 4.98 Å². The van der Waals surface area contributed by atoms with Crippen LogP contribution in [0.2, 0.25) is 0 Å². The number of nitrogens with one attached hydrogen (secondary N) is 1. The molecule has 0 radical (unpaired) electrons. The predicted octanol–water partition coefficient (Wildman–Crippen LogP) is 1.53. The van der Waals surface area contributed by atoms with Gasteiger partial charge in [-0.25, -0.2) is 9.50 Å². The summed E-state index contributed by atoms with van der Waals surface area (Å²) in [5.74, 6) is 1.53. The Hall–Kier alpha value is -2.14. The lowest BCUT2D eigenvalue weighted by Gasteiger charge is -2.00. The molecular weight excluding hydrogens is 226 g/mol. The molecule has 5 heteroatoms. The molecule has 0 aliphatic heterocycles. The van der Waals surface area contributed by atoms with E-state index >= 15 is 0 Å². The summed E-state index contributed by atoms with van der Waals surface area (Å²) in [6, 6.07) is 8.15. The van der Waals surface area contributed by atoms with Gasteiger partial charge in [-0.3, -0.25) is 5.10 Å². The van der Waals surface area contributed by atoms with E-state index in [-0.39, 0.29) is 0 Å². The molecule has 0 spiro atoms. The van der Waals surface area contributed by atoms with Gasteiger partial charge in [0.2, 0.25) is 0 Å². The van der Waals surface area contributed by atoms with Crippen LogP contribution >= 0.6 is 0 Å². The van der Waals surface area contributed by atoms with Gasteiger partial charge in [0.05, 0.1) is 11.9 Å². The van der Waals surface area contributed by atoms with Crippen LogP contribution in [0.5, 0.6) is 0 Å². The molecule has 5 nitrogen and oxygen atoms in total. The van der Waals surface area contributed by atoms with Crippen LogP contribution in [0.25, 0.3) is 17.2 Å². The summed E-state index contributed by atoms with van der Waals surface area (Å²) in [6.45, 7) is 2.67. The maximum atomic E-state index is 5.51. The van der Waals surface area contributed by atoms with Crippen LogP contribution in [-0.2, 0) is 6.42 Å². The number of rotatable bonds is 3. The second-order valence-corrected chi connectivity index (χ2v) is 4.33. The molecule has 3 N–H and O–H groups in total. The minimum atomic E-state index is 0.602. The molecule has 2 aromatic heterocycles. The van der Waals surface area contributed by atoms with Crippen molar-refractivity contribution < 1.29 is 0 Å². The van der Waals surface area contributed by atoms with Gasteiger partial charge in [0.25, 0.3) is 5.78 Å². The number of hydrogen-bond donors (Lipinski definition) is 2. The van der Waals surface area contributed by atoms with Crippen molar-refractivity contribution in [1.82, 2.24) is 19.6 Å². The standard InChI is InChI=1S/C13H15N5/c1-9-4-2-3-5-11(9)12-16-13-15-10(6-7-14)8-18(13)17-12/h2-5,8H,6-7,14H2,1H3,(H,15,16,17).